The second kappa shape index (κ2) is 4.20. The standard InChI is InChI=1S/C10H14N2O2S/c1-14-8-2-3-9-10(6-8)15(13)7-12(9)5-4-11/h2-3,6H,4-5,7,11H2,1H3. The van der Waals surface area contributed by atoms with E-state index in [0.29, 0.717) is 12.4 Å². The fourth-order valence-corrected chi connectivity index (χ4v) is 3.05. The summed E-state index contributed by atoms with van der Waals surface area (Å²) in [6.45, 7) is 1.31. The number of benzene rings is 1. The summed E-state index contributed by atoms with van der Waals surface area (Å²) in [6.07, 6.45) is 0. The van der Waals surface area contributed by atoms with Crippen LogP contribution < -0.4 is 15.4 Å². The SMILES string of the molecule is COc1ccc2c(c1)S(=O)CN2CCN. The molecule has 1 unspecified atom stereocenters. The van der Waals surface area contributed by atoms with E-state index in [2.05, 4.69) is 0 Å². The van der Waals surface area contributed by atoms with Crippen LogP contribution in [-0.4, -0.2) is 30.3 Å². The van der Waals surface area contributed by atoms with Crippen molar-refractivity contribution >= 4 is 16.5 Å². The Balaban J connectivity index is 2.36. The second-order valence-electron chi connectivity index (χ2n) is 3.36. The molecule has 1 heterocycles. The molecule has 0 saturated carbocycles. The fraction of sp³-hybridized carbons (Fsp3) is 0.400. The molecule has 5 heteroatoms. The molecular formula is C10H14N2O2S. The van der Waals surface area contributed by atoms with Gasteiger partial charge in [-0.15, -0.1) is 0 Å². The van der Waals surface area contributed by atoms with Crippen molar-refractivity contribution in [1.29, 1.82) is 0 Å². The normalized spacial score (nSPS) is 19.1. The first-order chi connectivity index (χ1) is 7.26. The van der Waals surface area contributed by atoms with Gasteiger partial charge >= 0.3 is 0 Å². The van der Waals surface area contributed by atoms with Crippen LogP contribution in [0.1, 0.15) is 0 Å². The van der Waals surface area contributed by atoms with E-state index >= 15 is 0 Å². The van der Waals surface area contributed by atoms with Crippen LogP contribution in [0.5, 0.6) is 5.75 Å². The number of anilines is 1. The predicted octanol–water partition coefficient (Wildman–Crippen LogP) is 0.539. The van der Waals surface area contributed by atoms with Crippen molar-refractivity contribution in [2.45, 2.75) is 4.90 Å². The van der Waals surface area contributed by atoms with E-state index in [-0.39, 0.29) is 0 Å². The van der Waals surface area contributed by atoms with Gasteiger partial charge in [-0.1, -0.05) is 0 Å². The van der Waals surface area contributed by atoms with Gasteiger partial charge in [0.1, 0.15) is 5.75 Å². The third-order valence-electron chi connectivity index (χ3n) is 2.43. The van der Waals surface area contributed by atoms with Gasteiger partial charge in [0, 0.05) is 13.1 Å². The average molecular weight is 226 g/mol. The lowest BCUT2D eigenvalue weighted by Gasteiger charge is -2.16. The largest absolute Gasteiger partial charge is 0.497 e. The minimum atomic E-state index is -0.951. The molecule has 0 fully saturated rings. The van der Waals surface area contributed by atoms with Gasteiger partial charge in [-0.2, -0.15) is 0 Å². The number of hydrogen-bond acceptors (Lipinski definition) is 4. The molecule has 0 saturated heterocycles. The highest BCUT2D eigenvalue weighted by Gasteiger charge is 2.25. The number of ether oxygens (including phenoxy) is 1. The van der Waals surface area contributed by atoms with Gasteiger partial charge in [0.25, 0.3) is 0 Å². The minimum Gasteiger partial charge on any atom is -0.497 e. The lowest BCUT2D eigenvalue weighted by molar-refractivity contribution is 0.413. The molecule has 0 radical (unpaired) electrons. The summed E-state index contributed by atoms with van der Waals surface area (Å²) < 4.78 is 16.9. The van der Waals surface area contributed by atoms with Crippen LogP contribution >= 0.6 is 0 Å². The Hall–Kier alpha value is -1.07. The van der Waals surface area contributed by atoms with E-state index in [0.717, 1.165) is 22.9 Å². The van der Waals surface area contributed by atoms with E-state index in [9.17, 15) is 4.21 Å². The molecule has 1 aliphatic heterocycles. The quantitative estimate of drug-likeness (QED) is 0.817. The zero-order valence-electron chi connectivity index (χ0n) is 8.60. The lowest BCUT2D eigenvalue weighted by Crippen LogP contribution is -2.27. The molecule has 1 aliphatic rings. The maximum absolute atomic E-state index is 11.8. The first-order valence-corrected chi connectivity index (χ1v) is 6.09. The summed E-state index contributed by atoms with van der Waals surface area (Å²) in [5.41, 5.74) is 6.52. The van der Waals surface area contributed by atoms with E-state index in [4.69, 9.17) is 10.5 Å². The van der Waals surface area contributed by atoms with Crippen LogP contribution in [0.2, 0.25) is 0 Å². The molecule has 15 heavy (non-hydrogen) atoms. The van der Waals surface area contributed by atoms with Crippen molar-refractivity contribution in [1.82, 2.24) is 0 Å². The number of nitrogens with zero attached hydrogens (tertiary/aromatic N) is 1. The van der Waals surface area contributed by atoms with Gasteiger partial charge in [0.2, 0.25) is 0 Å². The maximum atomic E-state index is 11.8. The molecule has 1 aromatic carbocycles. The number of nitrogens with two attached hydrogens (primary N) is 1. The maximum Gasteiger partial charge on any atom is 0.120 e. The molecular weight excluding hydrogens is 212 g/mol. The number of hydrogen-bond donors (Lipinski definition) is 1. The van der Waals surface area contributed by atoms with Gasteiger partial charge in [-0.3, -0.25) is 4.21 Å². The average Bonchev–Trinajstić information content (AvgIpc) is 2.56. The molecule has 1 aromatic rings. The molecule has 0 aromatic heterocycles. The molecule has 0 spiro atoms. The van der Waals surface area contributed by atoms with Crippen LogP contribution in [0.15, 0.2) is 23.1 Å². The molecule has 82 valence electrons. The Morgan fingerprint density at radius 1 is 1.60 bits per heavy atom. The summed E-state index contributed by atoms with van der Waals surface area (Å²) >= 11 is 0. The minimum absolute atomic E-state index is 0.541. The molecule has 2 rings (SSSR count). The van der Waals surface area contributed by atoms with Crippen molar-refractivity contribution in [3.63, 3.8) is 0 Å². The Bertz CT molecular complexity index is 395. The number of rotatable bonds is 3. The van der Waals surface area contributed by atoms with Crippen LogP contribution in [0, 0.1) is 0 Å². The van der Waals surface area contributed by atoms with Crippen molar-refractivity contribution in [3.8, 4) is 5.75 Å². The summed E-state index contributed by atoms with van der Waals surface area (Å²) in [5.74, 6) is 1.29. The predicted molar refractivity (Wildman–Crippen MR) is 60.7 cm³/mol. The third-order valence-corrected chi connectivity index (χ3v) is 3.79. The highest BCUT2D eigenvalue weighted by molar-refractivity contribution is 7.85. The molecule has 2 N–H and O–H groups in total. The van der Waals surface area contributed by atoms with Gasteiger partial charge in [0.15, 0.2) is 0 Å². The summed E-state index contributed by atoms with van der Waals surface area (Å²) in [5, 5.41) is 0. The highest BCUT2D eigenvalue weighted by Crippen LogP contribution is 2.33. The van der Waals surface area contributed by atoms with Crippen LogP contribution in [0.3, 0.4) is 0 Å². The van der Waals surface area contributed by atoms with Crippen LogP contribution in [-0.2, 0) is 10.8 Å². The first kappa shape index (κ1) is 10.4. The monoisotopic (exact) mass is 226 g/mol. The third kappa shape index (κ3) is 1.85. The molecule has 0 aliphatic carbocycles. The number of fused-ring (bicyclic) bond motifs is 1. The summed E-state index contributed by atoms with van der Waals surface area (Å²) in [6, 6.07) is 5.65. The topological polar surface area (TPSA) is 55.6 Å². The van der Waals surface area contributed by atoms with E-state index < -0.39 is 10.8 Å². The second-order valence-corrected chi connectivity index (χ2v) is 4.75. The number of methoxy groups -OCH3 is 1. The van der Waals surface area contributed by atoms with Crippen molar-refractivity contribution in [3.05, 3.63) is 18.2 Å². The van der Waals surface area contributed by atoms with Crippen molar-refractivity contribution in [2.75, 3.05) is 31.0 Å². The first-order valence-electron chi connectivity index (χ1n) is 4.77. The molecule has 4 nitrogen and oxygen atoms in total. The Morgan fingerprint density at radius 2 is 2.40 bits per heavy atom. The molecule has 0 bridgehead atoms. The smallest absolute Gasteiger partial charge is 0.120 e. The Morgan fingerprint density at radius 3 is 3.07 bits per heavy atom. The van der Waals surface area contributed by atoms with E-state index in [1.165, 1.54) is 0 Å². The van der Waals surface area contributed by atoms with Gasteiger partial charge in [-0.25, -0.2) is 0 Å². The van der Waals surface area contributed by atoms with E-state index in [1.807, 2.05) is 23.1 Å². The Labute approximate surface area is 91.5 Å². The van der Waals surface area contributed by atoms with Gasteiger partial charge in [0.05, 0.1) is 34.4 Å². The molecule has 0 amide bonds. The van der Waals surface area contributed by atoms with Crippen molar-refractivity contribution < 1.29 is 8.95 Å². The highest BCUT2D eigenvalue weighted by atomic mass is 32.2. The van der Waals surface area contributed by atoms with Crippen LogP contribution in [0.25, 0.3) is 0 Å². The van der Waals surface area contributed by atoms with Crippen LogP contribution in [0.4, 0.5) is 5.69 Å². The zero-order chi connectivity index (χ0) is 10.8. The lowest BCUT2D eigenvalue weighted by atomic mass is 10.3. The van der Waals surface area contributed by atoms with E-state index in [1.54, 1.807) is 7.11 Å². The summed E-state index contributed by atoms with van der Waals surface area (Å²) in [7, 11) is 0.658. The van der Waals surface area contributed by atoms with Crippen molar-refractivity contribution in [2.24, 2.45) is 5.73 Å². The summed E-state index contributed by atoms with van der Waals surface area (Å²) in [4.78, 5) is 2.90. The Kier molecular flexibility index (Phi) is 2.93. The zero-order valence-corrected chi connectivity index (χ0v) is 9.42. The fourth-order valence-electron chi connectivity index (χ4n) is 1.69. The van der Waals surface area contributed by atoms with Gasteiger partial charge in [-0.05, 0) is 18.2 Å². The molecule has 1 atom stereocenters. The van der Waals surface area contributed by atoms with Gasteiger partial charge < -0.3 is 15.4 Å².